The molecule has 0 amide bonds. The summed E-state index contributed by atoms with van der Waals surface area (Å²) in [5, 5.41) is 4.38. The number of pyridine rings is 2. The number of rotatable bonds is 0. The second-order valence-corrected chi connectivity index (χ2v) is 13.4. The molecule has 0 bridgehead atoms. The summed E-state index contributed by atoms with van der Waals surface area (Å²) in [4.78, 5) is 9.43. The smallest absolute Gasteiger partial charge is 0.113 e. The normalized spacial score (nSPS) is 17.1. The van der Waals surface area contributed by atoms with Crippen molar-refractivity contribution in [2.75, 3.05) is 0 Å². The van der Waals surface area contributed by atoms with E-state index in [1.54, 1.807) is 5.19 Å². The molecule has 6 rings (SSSR count). The first-order valence-corrected chi connectivity index (χ1v) is 12.9. The predicted octanol–water partition coefficient (Wildman–Crippen LogP) is 4.74. The largest absolute Gasteiger partial charge is 0.256 e. The Bertz CT molecular complexity index is 1320. The van der Waals surface area contributed by atoms with Crippen molar-refractivity contribution in [3.05, 3.63) is 72.1 Å². The Morgan fingerprint density at radius 3 is 2.36 bits per heavy atom. The average Bonchev–Trinajstić information content (AvgIpc) is 3.08. The van der Waals surface area contributed by atoms with E-state index < -0.39 is 8.07 Å². The third-order valence-corrected chi connectivity index (χ3v) is 10.5. The molecule has 2 aliphatic rings. The van der Waals surface area contributed by atoms with Gasteiger partial charge in [0.05, 0.1) is 11.2 Å². The lowest BCUT2D eigenvalue weighted by Gasteiger charge is -2.25. The summed E-state index contributed by atoms with van der Waals surface area (Å²) in [6.07, 6.45) is 3.81. The Morgan fingerprint density at radius 1 is 0.786 bits per heavy atom. The molecule has 0 atom stereocenters. The SMILES string of the molecule is CC1(C)c2cccnc2-c2ccc3c(c21)-c1c(ccc2ncccc12)[Si]3(C)C. The van der Waals surface area contributed by atoms with Crippen molar-refractivity contribution >= 4 is 29.4 Å². The molecule has 3 heteroatoms. The van der Waals surface area contributed by atoms with Crippen LogP contribution in [0.1, 0.15) is 25.0 Å². The maximum atomic E-state index is 4.78. The molecule has 3 heterocycles. The van der Waals surface area contributed by atoms with Crippen molar-refractivity contribution in [2.45, 2.75) is 32.4 Å². The van der Waals surface area contributed by atoms with Gasteiger partial charge in [-0.25, -0.2) is 0 Å². The summed E-state index contributed by atoms with van der Waals surface area (Å²) in [6.45, 7) is 9.68. The first-order chi connectivity index (χ1) is 13.4. The van der Waals surface area contributed by atoms with Gasteiger partial charge in [-0.05, 0) is 50.8 Å². The number of fused-ring (bicyclic) bond motifs is 9. The average molecular weight is 379 g/mol. The molecular formula is C25H22N2Si. The highest BCUT2D eigenvalue weighted by molar-refractivity contribution is 7.04. The van der Waals surface area contributed by atoms with Crippen molar-refractivity contribution in [1.29, 1.82) is 0 Å². The lowest BCUT2D eigenvalue weighted by molar-refractivity contribution is 0.661. The van der Waals surface area contributed by atoms with Crippen LogP contribution in [-0.2, 0) is 5.41 Å². The van der Waals surface area contributed by atoms with E-state index in [4.69, 9.17) is 4.98 Å². The van der Waals surface area contributed by atoms with Gasteiger partial charge < -0.3 is 0 Å². The topological polar surface area (TPSA) is 25.8 Å². The van der Waals surface area contributed by atoms with Gasteiger partial charge in [0.15, 0.2) is 0 Å². The van der Waals surface area contributed by atoms with Crippen LogP contribution in [0.15, 0.2) is 60.9 Å². The molecule has 0 N–H and O–H groups in total. The lowest BCUT2D eigenvalue weighted by atomic mass is 9.78. The number of hydrogen-bond donors (Lipinski definition) is 0. The molecule has 0 saturated carbocycles. The summed E-state index contributed by atoms with van der Waals surface area (Å²) in [5.74, 6) is 0. The summed E-state index contributed by atoms with van der Waals surface area (Å²) in [5.41, 5.74) is 9.16. The molecule has 2 aromatic carbocycles. The second-order valence-electron chi connectivity index (χ2n) is 9.12. The first kappa shape index (κ1) is 16.2. The maximum Gasteiger partial charge on any atom is 0.113 e. The van der Waals surface area contributed by atoms with Crippen molar-refractivity contribution in [2.24, 2.45) is 0 Å². The van der Waals surface area contributed by atoms with Crippen LogP contribution in [0, 0.1) is 0 Å². The van der Waals surface area contributed by atoms with Crippen molar-refractivity contribution in [1.82, 2.24) is 9.97 Å². The van der Waals surface area contributed by atoms with E-state index in [2.05, 4.69) is 80.5 Å². The van der Waals surface area contributed by atoms with E-state index in [9.17, 15) is 0 Å². The van der Waals surface area contributed by atoms with Crippen molar-refractivity contribution < 1.29 is 0 Å². The van der Waals surface area contributed by atoms with Crippen LogP contribution in [0.5, 0.6) is 0 Å². The molecule has 0 radical (unpaired) electrons. The molecule has 0 fully saturated rings. The second kappa shape index (κ2) is 4.98. The third kappa shape index (κ3) is 1.74. The van der Waals surface area contributed by atoms with E-state index >= 15 is 0 Å². The fraction of sp³-hybridized carbons (Fsp3) is 0.200. The fourth-order valence-electron chi connectivity index (χ4n) is 5.58. The minimum atomic E-state index is -1.76. The number of hydrogen-bond acceptors (Lipinski definition) is 2. The molecule has 1 aliphatic heterocycles. The van der Waals surface area contributed by atoms with Crippen molar-refractivity contribution in [3.8, 4) is 22.4 Å². The van der Waals surface area contributed by atoms with E-state index in [0.29, 0.717) is 0 Å². The van der Waals surface area contributed by atoms with Gasteiger partial charge >= 0.3 is 0 Å². The predicted molar refractivity (Wildman–Crippen MR) is 119 cm³/mol. The van der Waals surface area contributed by atoms with Crippen LogP contribution in [0.3, 0.4) is 0 Å². The highest BCUT2D eigenvalue weighted by Crippen LogP contribution is 2.52. The van der Waals surface area contributed by atoms with Crippen LogP contribution in [0.4, 0.5) is 0 Å². The Labute approximate surface area is 166 Å². The molecule has 136 valence electrons. The van der Waals surface area contributed by atoms with Crippen LogP contribution < -0.4 is 10.4 Å². The van der Waals surface area contributed by atoms with Gasteiger partial charge in [-0.3, -0.25) is 9.97 Å². The van der Waals surface area contributed by atoms with Gasteiger partial charge in [0.1, 0.15) is 8.07 Å². The Hall–Kier alpha value is -2.78. The van der Waals surface area contributed by atoms with Crippen LogP contribution in [-0.4, -0.2) is 18.0 Å². The van der Waals surface area contributed by atoms with Crippen LogP contribution in [0.25, 0.3) is 33.3 Å². The zero-order valence-corrected chi connectivity index (χ0v) is 17.7. The molecule has 2 aromatic heterocycles. The standard InChI is InChI=1S/C25H22N2Si/c1-25(2)17-8-6-14-27-24(17)16-9-11-20-22(23(16)25)21-15-7-5-13-26-18(15)10-12-19(21)28(20,3)4/h5-14H,1-4H3. The number of nitrogens with zero attached hydrogens (tertiary/aromatic N) is 2. The molecular weight excluding hydrogens is 356 g/mol. The van der Waals surface area contributed by atoms with Crippen molar-refractivity contribution in [3.63, 3.8) is 0 Å². The highest BCUT2D eigenvalue weighted by atomic mass is 28.3. The molecule has 0 saturated heterocycles. The minimum absolute atomic E-state index is 0.0548. The molecule has 2 nitrogen and oxygen atoms in total. The maximum absolute atomic E-state index is 4.78. The lowest BCUT2D eigenvalue weighted by Crippen LogP contribution is -2.49. The summed E-state index contributed by atoms with van der Waals surface area (Å²) >= 11 is 0. The Morgan fingerprint density at radius 2 is 1.50 bits per heavy atom. The molecule has 1 aliphatic carbocycles. The van der Waals surface area contributed by atoms with Crippen LogP contribution >= 0.6 is 0 Å². The summed E-state index contributed by atoms with van der Waals surface area (Å²) < 4.78 is 0. The van der Waals surface area contributed by atoms with Gasteiger partial charge in [0.25, 0.3) is 0 Å². The zero-order chi connectivity index (χ0) is 19.3. The zero-order valence-electron chi connectivity index (χ0n) is 16.7. The first-order valence-electron chi connectivity index (χ1n) is 9.95. The van der Waals surface area contributed by atoms with Gasteiger partial charge in [-0.2, -0.15) is 0 Å². The van der Waals surface area contributed by atoms with E-state index in [0.717, 1.165) is 11.2 Å². The van der Waals surface area contributed by atoms with E-state index in [1.165, 1.54) is 38.4 Å². The molecule has 0 unspecified atom stereocenters. The van der Waals surface area contributed by atoms with Crippen LogP contribution in [0.2, 0.25) is 13.1 Å². The van der Waals surface area contributed by atoms with Gasteiger partial charge in [0.2, 0.25) is 0 Å². The highest BCUT2D eigenvalue weighted by Gasteiger charge is 2.46. The summed E-state index contributed by atoms with van der Waals surface area (Å²) in [6, 6.07) is 17.9. The quantitative estimate of drug-likeness (QED) is 0.413. The van der Waals surface area contributed by atoms with Gasteiger partial charge in [0, 0.05) is 28.8 Å². The molecule has 28 heavy (non-hydrogen) atoms. The Balaban J connectivity index is 1.82. The summed E-state index contributed by atoms with van der Waals surface area (Å²) in [7, 11) is -1.76. The van der Waals surface area contributed by atoms with Gasteiger partial charge in [-0.15, -0.1) is 0 Å². The number of benzene rings is 2. The monoisotopic (exact) mass is 378 g/mol. The third-order valence-electron chi connectivity index (χ3n) is 6.95. The van der Waals surface area contributed by atoms with E-state index in [1.807, 2.05) is 12.4 Å². The van der Waals surface area contributed by atoms with Gasteiger partial charge in [-0.1, -0.05) is 57.3 Å². The molecule has 4 aromatic rings. The van der Waals surface area contributed by atoms with E-state index in [-0.39, 0.29) is 5.41 Å². The fourth-order valence-corrected chi connectivity index (χ4v) is 8.63. The Kier molecular flexibility index (Phi) is 2.88. The minimum Gasteiger partial charge on any atom is -0.256 e. The molecule has 0 spiro atoms. The number of aromatic nitrogens is 2.